The lowest BCUT2D eigenvalue weighted by Crippen LogP contribution is -3.09. The van der Waals surface area contributed by atoms with Gasteiger partial charge in [-0.15, -0.1) is 0 Å². The molecule has 3 rings (SSSR count). The van der Waals surface area contributed by atoms with E-state index >= 15 is 0 Å². The smallest absolute Gasteiger partial charge is 0.258 e. The van der Waals surface area contributed by atoms with Crippen molar-refractivity contribution in [2.24, 2.45) is 0 Å². The molecule has 1 atom stereocenters. The van der Waals surface area contributed by atoms with Crippen LogP contribution >= 0.6 is 0 Å². The molecule has 0 spiro atoms. The van der Waals surface area contributed by atoms with Gasteiger partial charge in [0.1, 0.15) is 24.7 Å². The predicted octanol–water partition coefficient (Wildman–Crippen LogP) is 1.68. The van der Waals surface area contributed by atoms with Gasteiger partial charge in [0, 0.05) is 0 Å². The van der Waals surface area contributed by atoms with Crippen LogP contribution in [-0.4, -0.2) is 23.6 Å². The van der Waals surface area contributed by atoms with Crippen LogP contribution in [0.1, 0.15) is 18.3 Å². The van der Waals surface area contributed by atoms with Gasteiger partial charge in [-0.2, -0.15) is 0 Å². The van der Waals surface area contributed by atoms with Crippen molar-refractivity contribution in [3.05, 3.63) is 70.0 Å². The molecule has 1 unspecified atom stereocenters. The summed E-state index contributed by atoms with van der Waals surface area (Å²) in [7, 11) is 1.57. The Bertz CT molecular complexity index is 939. The Morgan fingerprint density at radius 1 is 1.20 bits per heavy atom. The fourth-order valence-corrected chi connectivity index (χ4v) is 2.92. The standard InChI is InChI=1S/C19H20FN3O2/c1-3-23(11-13-10-14(20)8-9-17(13)25-2)12-18-21-16-7-5-4-6-15(16)19(24)22-18/h4-10H,3,11-12H2,1-2H3,(H,21,22,24)/p+1. The zero-order valence-corrected chi connectivity index (χ0v) is 14.3. The first-order valence-corrected chi connectivity index (χ1v) is 8.24. The lowest BCUT2D eigenvalue weighted by atomic mass is 10.1. The van der Waals surface area contributed by atoms with Gasteiger partial charge in [0.05, 0.1) is 30.1 Å². The summed E-state index contributed by atoms with van der Waals surface area (Å²) >= 11 is 0. The minimum Gasteiger partial charge on any atom is -0.496 e. The van der Waals surface area contributed by atoms with Crippen LogP contribution in [0.25, 0.3) is 10.9 Å². The Balaban J connectivity index is 1.86. The number of aromatic nitrogens is 2. The fourth-order valence-electron chi connectivity index (χ4n) is 2.92. The minimum absolute atomic E-state index is 0.139. The second kappa shape index (κ2) is 7.44. The second-order valence-corrected chi connectivity index (χ2v) is 5.94. The van der Waals surface area contributed by atoms with Gasteiger partial charge >= 0.3 is 0 Å². The van der Waals surface area contributed by atoms with Gasteiger partial charge in [-0.05, 0) is 37.3 Å². The average Bonchev–Trinajstić information content (AvgIpc) is 2.61. The van der Waals surface area contributed by atoms with Crippen LogP contribution in [0.4, 0.5) is 4.39 Å². The Morgan fingerprint density at radius 3 is 2.76 bits per heavy atom. The molecule has 1 heterocycles. The molecule has 25 heavy (non-hydrogen) atoms. The summed E-state index contributed by atoms with van der Waals surface area (Å²) in [6, 6.07) is 11.8. The molecule has 1 aromatic heterocycles. The Hall–Kier alpha value is -2.73. The minimum atomic E-state index is -0.288. The van der Waals surface area contributed by atoms with Crippen molar-refractivity contribution in [1.82, 2.24) is 9.97 Å². The summed E-state index contributed by atoms with van der Waals surface area (Å²) in [5.74, 6) is 0.992. The van der Waals surface area contributed by atoms with Crippen LogP contribution < -0.4 is 15.2 Å². The number of methoxy groups -OCH3 is 1. The number of H-pyrrole nitrogens is 1. The van der Waals surface area contributed by atoms with Crippen molar-refractivity contribution in [1.29, 1.82) is 0 Å². The molecule has 0 aliphatic rings. The predicted molar refractivity (Wildman–Crippen MR) is 94.2 cm³/mol. The molecule has 5 nitrogen and oxygen atoms in total. The monoisotopic (exact) mass is 342 g/mol. The Labute approximate surface area is 145 Å². The largest absolute Gasteiger partial charge is 0.496 e. The van der Waals surface area contributed by atoms with E-state index in [0.717, 1.165) is 17.0 Å². The zero-order valence-electron chi connectivity index (χ0n) is 14.3. The van der Waals surface area contributed by atoms with E-state index in [4.69, 9.17) is 4.74 Å². The highest BCUT2D eigenvalue weighted by Gasteiger charge is 2.15. The Kier molecular flexibility index (Phi) is 5.09. The number of quaternary nitrogens is 1. The highest BCUT2D eigenvalue weighted by atomic mass is 19.1. The van der Waals surface area contributed by atoms with E-state index in [1.807, 2.05) is 25.1 Å². The van der Waals surface area contributed by atoms with E-state index in [2.05, 4.69) is 9.97 Å². The van der Waals surface area contributed by atoms with Gasteiger partial charge in [0.25, 0.3) is 5.56 Å². The number of nitrogens with one attached hydrogen (secondary N) is 2. The summed E-state index contributed by atoms with van der Waals surface area (Å²) in [6.45, 7) is 3.96. The number of para-hydroxylation sites is 1. The molecular weight excluding hydrogens is 321 g/mol. The molecule has 2 aromatic carbocycles. The van der Waals surface area contributed by atoms with E-state index in [-0.39, 0.29) is 11.4 Å². The topological polar surface area (TPSA) is 59.4 Å². The number of hydrogen-bond donors (Lipinski definition) is 2. The molecule has 0 saturated heterocycles. The van der Waals surface area contributed by atoms with E-state index < -0.39 is 0 Å². The highest BCUT2D eigenvalue weighted by Crippen LogP contribution is 2.18. The maximum absolute atomic E-state index is 13.6. The third-order valence-corrected chi connectivity index (χ3v) is 4.26. The molecule has 0 aliphatic heterocycles. The molecule has 0 radical (unpaired) electrons. The molecule has 0 saturated carbocycles. The van der Waals surface area contributed by atoms with Crippen molar-refractivity contribution < 1.29 is 14.0 Å². The van der Waals surface area contributed by atoms with Crippen molar-refractivity contribution in [3.8, 4) is 5.75 Å². The number of halogens is 1. The summed E-state index contributed by atoms with van der Waals surface area (Å²) in [5, 5.41) is 0.580. The zero-order chi connectivity index (χ0) is 17.8. The van der Waals surface area contributed by atoms with E-state index in [0.29, 0.717) is 35.6 Å². The summed E-state index contributed by atoms with van der Waals surface area (Å²) in [6.07, 6.45) is 0. The molecule has 0 fully saturated rings. The van der Waals surface area contributed by atoms with E-state index in [1.54, 1.807) is 19.2 Å². The molecule has 6 heteroatoms. The quantitative estimate of drug-likeness (QED) is 0.716. The third-order valence-electron chi connectivity index (χ3n) is 4.26. The van der Waals surface area contributed by atoms with Crippen molar-refractivity contribution in [2.45, 2.75) is 20.0 Å². The SMILES string of the molecule is CC[NH+](Cc1nc2ccccc2c(=O)[nH]1)Cc1cc(F)ccc1OC. The number of ether oxygens (including phenoxy) is 1. The normalized spacial score (nSPS) is 12.3. The molecule has 2 N–H and O–H groups in total. The lowest BCUT2D eigenvalue weighted by molar-refractivity contribution is -0.926. The van der Waals surface area contributed by atoms with E-state index in [9.17, 15) is 9.18 Å². The van der Waals surface area contributed by atoms with Crippen molar-refractivity contribution in [2.75, 3.05) is 13.7 Å². The molecule has 0 amide bonds. The van der Waals surface area contributed by atoms with Gasteiger partial charge in [-0.3, -0.25) is 4.79 Å². The first-order valence-electron chi connectivity index (χ1n) is 8.24. The number of fused-ring (bicyclic) bond motifs is 1. The number of rotatable bonds is 6. The number of aromatic amines is 1. The van der Waals surface area contributed by atoms with Gasteiger partial charge in [0.2, 0.25) is 0 Å². The third kappa shape index (κ3) is 3.85. The van der Waals surface area contributed by atoms with Crippen molar-refractivity contribution in [3.63, 3.8) is 0 Å². The second-order valence-electron chi connectivity index (χ2n) is 5.94. The Morgan fingerprint density at radius 2 is 2.00 bits per heavy atom. The van der Waals surface area contributed by atoms with Crippen LogP contribution in [0.5, 0.6) is 5.75 Å². The maximum atomic E-state index is 13.6. The van der Waals surface area contributed by atoms with Crippen LogP contribution in [0.3, 0.4) is 0 Å². The molecule has 0 aliphatic carbocycles. The average molecular weight is 342 g/mol. The van der Waals surface area contributed by atoms with E-state index in [1.165, 1.54) is 12.1 Å². The van der Waals surface area contributed by atoms with Gasteiger partial charge in [-0.1, -0.05) is 12.1 Å². The van der Waals surface area contributed by atoms with Crippen LogP contribution in [-0.2, 0) is 13.1 Å². The maximum Gasteiger partial charge on any atom is 0.258 e. The van der Waals surface area contributed by atoms with Crippen LogP contribution in [0, 0.1) is 5.82 Å². The van der Waals surface area contributed by atoms with Gasteiger partial charge < -0.3 is 14.6 Å². The number of hydrogen-bond acceptors (Lipinski definition) is 3. The summed E-state index contributed by atoms with van der Waals surface area (Å²) in [5.41, 5.74) is 1.34. The first-order chi connectivity index (χ1) is 12.1. The molecular formula is C19H21FN3O2+. The molecule has 130 valence electrons. The first kappa shape index (κ1) is 17.1. The van der Waals surface area contributed by atoms with Gasteiger partial charge in [-0.25, -0.2) is 9.37 Å². The lowest BCUT2D eigenvalue weighted by Gasteiger charge is -2.18. The fraction of sp³-hybridized carbons (Fsp3) is 0.263. The summed E-state index contributed by atoms with van der Waals surface area (Å²) < 4.78 is 18.9. The van der Waals surface area contributed by atoms with Crippen molar-refractivity contribution >= 4 is 10.9 Å². The molecule has 3 aromatic rings. The highest BCUT2D eigenvalue weighted by molar-refractivity contribution is 5.77. The van der Waals surface area contributed by atoms with Crippen LogP contribution in [0.15, 0.2) is 47.3 Å². The van der Waals surface area contributed by atoms with Crippen LogP contribution in [0.2, 0.25) is 0 Å². The number of benzene rings is 2. The summed E-state index contributed by atoms with van der Waals surface area (Å²) in [4.78, 5) is 20.7. The van der Waals surface area contributed by atoms with Gasteiger partial charge in [0.15, 0.2) is 5.82 Å². The number of nitrogens with zero attached hydrogens (tertiary/aromatic N) is 1. The molecule has 0 bridgehead atoms.